The van der Waals surface area contributed by atoms with Gasteiger partial charge in [-0.25, -0.2) is 0 Å². The molecule has 2 aliphatic heterocycles. The van der Waals surface area contributed by atoms with Crippen LogP contribution in [0.15, 0.2) is 34.9 Å². The summed E-state index contributed by atoms with van der Waals surface area (Å²) in [5, 5.41) is 4.03. The molecule has 0 radical (unpaired) electrons. The van der Waals surface area contributed by atoms with Crippen LogP contribution < -0.4 is 0 Å². The van der Waals surface area contributed by atoms with Crippen LogP contribution in [0.5, 0.6) is 0 Å². The van der Waals surface area contributed by atoms with Crippen molar-refractivity contribution in [3.8, 4) is 11.3 Å². The van der Waals surface area contributed by atoms with E-state index in [4.69, 9.17) is 9.26 Å². The Labute approximate surface area is 141 Å². The van der Waals surface area contributed by atoms with Gasteiger partial charge in [0.2, 0.25) is 0 Å². The van der Waals surface area contributed by atoms with Crippen molar-refractivity contribution < 1.29 is 14.1 Å². The fourth-order valence-corrected chi connectivity index (χ4v) is 3.59. The quantitative estimate of drug-likeness (QED) is 0.842. The molecule has 24 heavy (non-hydrogen) atoms. The topological polar surface area (TPSA) is 58.8 Å². The number of ether oxygens (including phenoxy) is 1. The summed E-state index contributed by atoms with van der Waals surface area (Å²) in [5.74, 6) is 0.515. The molecule has 2 atom stereocenters. The maximum absolute atomic E-state index is 13.1. The lowest BCUT2D eigenvalue weighted by molar-refractivity contribution is -0.0368. The summed E-state index contributed by atoms with van der Waals surface area (Å²) in [4.78, 5) is 17.3. The molecule has 0 bridgehead atoms. The minimum absolute atomic E-state index is 0.0287. The predicted molar refractivity (Wildman–Crippen MR) is 88.7 cm³/mol. The molecule has 0 N–H and O–H groups in total. The van der Waals surface area contributed by atoms with Crippen molar-refractivity contribution in [3.63, 3.8) is 0 Å². The van der Waals surface area contributed by atoms with E-state index >= 15 is 0 Å². The fraction of sp³-hybridized carbons (Fsp3) is 0.444. The highest BCUT2D eigenvalue weighted by Crippen LogP contribution is 2.30. The van der Waals surface area contributed by atoms with Crippen molar-refractivity contribution in [2.45, 2.75) is 19.1 Å². The summed E-state index contributed by atoms with van der Waals surface area (Å²) in [6.07, 6.45) is 0.0908. The first-order valence-electron chi connectivity index (χ1n) is 8.28. The molecule has 2 aliphatic rings. The molecular formula is C18H21N3O3. The SMILES string of the molecule is Cc1noc(-c2ccccc2)c1C(=O)N1C[C@@H]2OCCN(C)[C@H]2C1. The highest BCUT2D eigenvalue weighted by atomic mass is 16.5. The monoisotopic (exact) mass is 327 g/mol. The van der Waals surface area contributed by atoms with Gasteiger partial charge in [0.05, 0.1) is 24.4 Å². The van der Waals surface area contributed by atoms with Gasteiger partial charge in [0.25, 0.3) is 5.91 Å². The summed E-state index contributed by atoms with van der Waals surface area (Å²) in [7, 11) is 2.09. The van der Waals surface area contributed by atoms with Crippen LogP contribution in [-0.4, -0.2) is 66.3 Å². The first-order valence-corrected chi connectivity index (χ1v) is 8.28. The number of carbonyl (C=O) groups is 1. The summed E-state index contributed by atoms with van der Waals surface area (Å²) < 4.78 is 11.3. The van der Waals surface area contributed by atoms with Crippen LogP contribution >= 0.6 is 0 Å². The number of likely N-dealkylation sites (N-methyl/N-ethyl adjacent to an activating group) is 1. The standard InChI is InChI=1S/C18H21N3O3/c1-12-16(17(24-19-12)13-6-4-3-5-7-13)18(22)21-10-14-15(11-21)23-9-8-20(14)2/h3-7,14-15H,8-11H2,1-2H3/t14-,15-/m0/s1. The van der Waals surface area contributed by atoms with E-state index in [0.29, 0.717) is 30.1 Å². The number of rotatable bonds is 2. The third-order valence-corrected chi connectivity index (χ3v) is 4.98. The van der Waals surface area contributed by atoms with Gasteiger partial charge in [-0.15, -0.1) is 0 Å². The zero-order chi connectivity index (χ0) is 16.7. The molecule has 0 aliphatic carbocycles. The number of hydrogen-bond donors (Lipinski definition) is 0. The van der Waals surface area contributed by atoms with Crippen molar-refractivity contribution in [2.24, 2.45) is 0 Å². The van der Waals surface area contributed by atoms with E-state index in [1.54, 1.807) is 0 Å². The Morgan fingerprint density at radius 1 is 1.25 bits per heavy atom. The normalized spacial score (nSPS) is 24.2. The van der Waals surface area contributed by atoms with Gasteiger partial charge in [-0.05, 0) is 14.0 Å². The molecule has 3 heterocycles. The molecule has 6 heteroatoms. The van der Waals surface area contributed by atoms with Gasteiger partial charge in [0.15, 0.2) is 5.76 Å². The van der Waals surface area contributed by atoms with Gasteiger partial charge in [0.1, 0.15) is 5.56 Å². The lowest BCUT2D eigenvalue weighted by atomic mass is 10.1. The molecular weight excluding hydrogens is 306 g/mol. The summed E-state index contributed by atoms with van der Waals surface area (Å²) in [5.41, 5.74) is 2.05. The maximum atomic E-state index is 13.1. The van der Waals surface area contributed by atoms with Gasteiger partial charge in [-0.1, -0.05) is 35.5 Å². The third-order valence-electron chi connectivity index (χ3n) is 4.98. The van der Waals surface area contributed by atoms with Gasteiger partial charge in [-0.2, -0.15) is 0 Å². The number of likely N-dealkylation sites (tertiary alicyclic amines) is 1. The van der Waals surface area contributed by atoms with Crippen molar-refractivity contribution in [2.75, 3.05) is 33.3 Å². The molecule has 126 valence electrons. The number of aryl methyl sites for hydroxylation is 1. The molecule has 1 aromatic heterocycles. The van der Waals surface area contributed by atoms with Gasteiger partial charge < -0.3 is 14.2 Å². The first kappa shape index (κ1) is 15.4. The molecule has 1 aromatic carbocycles. The second-order valence-electron chi connectivity index (χ2n) is 6.51. The number of amides is 1. The minimum atomic E-state index is -0.0287. The number of carbonyl (C=O) groups excluding carboxylic acids is 1. The van der Waals surface area contributed by atoms with E-state index in [2.05, 4.69) is 17.1 Å². The first-order chi connectivity index (χ1) is 11.6. The van der Waals surface area contributed by atoms with Crippen molar-refractivity contribution >= 4 is 5.91 Å². The fourth-order valence-electron chi connectivity index (χ4n) is 3.59. The molecule has 2 aromatic rings. The lowest BCUT2D eigenvalue weighted by Gasteiger charge is -2.33. The van der Waals surface area contributed by atoms with Crippen molar-refractivity contribution in [1.29, 1.82) is 0 Å². The summed E-state index contributed by atoms with van der Waals surface area (Å²) >= 11 is 0. The van der Waals surface area contributed by atoms with E-state index in [-0.39, 0.29) is 18.1 Å². The van der Waals surface area contributed by atoms with Crippen LogP contribution in [0.1, 0.15) is 16.1 Å². The second kappa shape index (κ2) is 6.03. The van der Waals surface area contributed by atoms with E-state index in [9.17, 15) is 4.79 Å². The maximum Gasteiger partial charge on any atom is 0.259 e. The largest absolute Gasteiger partial charge is 0.373 e. The van der Waals surface area contributed by atoms with E-state index in [1.807, 2.05) is 42.2 Å². The Morgan fingerprint density at radius 2 is 2.04 bits per heavy atom. The number of morpholine rings is 1. The third kappa shape index (κ3) is 2.52. The molecule has 0 spiro atoms. The van der Waals surface area contributed by atoms with Crippen LogP contribution in [0.3, 0.4) is 0 Å². The van der Waals surface area contributed by atoms with Gasteiger partial charge in [-0.3, -0.25) is 9.69 Å². The van der Waals surface area contributed by atoms with E-state index < -0.39 is 0 Å². The van der Waals surface area contributed by atoms with Crippen LogP contribution in [0.4, 0.5) is 0 Å². The Morgan fingerprint density at radius 3 is 2.79 bits per heavy atom. The number of fused-ring (bicyclic) bond motifs is 1. The number of aromatic nitrogens is 1. The average molecular weight is 327 g/mol. The number of hydrogen-bond acceptors (Lipinski definition) is 5. The highest BCUT2D eigenvalue weighted by Gasteiger charge is 2.41. The van der Waals surface area contributed by atoms with E-state index in [0.717, 1.165) is 18.7 Å². The van der Waals surface area contributed by atoms with Crippen molar-refractivity contribution in [1.82, 2.24) is 15.0 Å². The molecule has 1 amide bonds. The summed E-state index contributed by atoms with van der Waals surface area (Å²) in [6, 6.07) is 9.91. The predicted octanol–water partition coefficient (Wildman–Crippen LogP) is 1.81. The molecule has 0 unspecified atom stereocenters. The number of benzene rings is 1. The van der Waals surface area contributed by atoms with E-state index in [1.165, 1.54) is 0 Å². The number of nitrogens with zero attached hydrogens (tertiary/aromatic N) is 3. The molecule has 0 saturated carbocycles. The Balaban J connectivity index is 1.63. The van der Waals surface area contributed by atoms with Crippen molar-refractivity contribution in [3.05, 3.63) is 41.6 Å². The van der Waals surface area contributed by atoms with Crippen LogP contribution in [-0.2, 0) is 4.74 Å². The Bertz CT molecular complexity index is 743. The van der Waals surface area contributed by atoms with Gasteiger partial charge >= 0.3 is 0 Å². The minimum Gasteiger partial charge on any atom is -0.373 e. The molecule has 6 nitrogen and oxygen atoms in total. The average Bonchev–Trinajstić information content (AvgIpc) is 3.20. The Kier molecular flexibility index (Phi) is 3.86. The molecule has 2 saturated heterocycles. The molecule has 4 rings (SSSR count). The van der Waals surface area contributed by atoms with Crippen LogP contribution in [0.25, 0.3) is 11.3 Å². The highest BCUT2D eigenvalue weighted by molar-refractivity contribution is 6.00. The Hall–Kier alpha value is -2.18. The second-order valence-corrected chi connectivity index (χ2v) is 6.51. The summed E-state index contributed by atoms with van der Waals surface area (Å²) in [6.45, 7) is 4.74. The zero-order valence-corrected chi connectivity index (χ0v) is 13.9. The van der Waals surface area contributed by atoms with Gasteiger partial charge in [0, 0.05) is 25.2 Å². The molecule has 2 fully saturated rings. The lowest BCUT2D eigenvalue weighted by Crippen LogP contribution is -2.48. The smallest absolute Gasteiger partial charge is 0.259 e. The zero-order valence-electron chi connectivity index (χ0n) is 13.9. The van der Waals surface area contributed by atoms with Crippen LogP contribution in [0.2, 0.25) is 0 Å². The van der Waals surface area contributed by atoms with Crippen LogP contribution in [0, 0.1) is 6.92 Å².